The Bertz CT molecular complexity index is 1540. The van der Waals surface area contributed by atoms with Crippen molar-refractivity contribution in [2.45, 2.75) is 13.1 Å². The van der Waals surface area contributed by atoms with Gasteiger partial charge in [-0.1, -0.05) is 36.4 Å². The molecule has 0 aliphatic rings. The van der Waals surface area contributed by atoms with E-state index in [1.807, 2.05) is 25.1 Å². The standard InChI is InChI=1S/C31H25F3N2O4/c1-19-26(21-5-9-23(35)10-6-21)15-16-27(36)29(19)28(37)17-4-20-2-11-25(12-3-20)40-30(38)22-7-13-24(14-8-22)39-18-31(32,33)34/h2-17H,18,35-36H2,1H3/b17-4+. The molecule has 6 nitrogen and oxygen atoms in total. The molecule has 0 unspecified atom stereocenters. The van der Waals surface area contributed by atoms with E-state index in [4.69, 9.17) is 16.2 Å². The number of anilines is 2. The Morgan fingerprint density at radius 2 is 1.45 bits per heavy atom. The van der Waals surface area contributed by atoms with E-state index in [-0.39, 0.29) is 22.8 Å². The van der Waals surface area contributed by atoms with Crippen molar-refractivity contribution in [3.05, 3.63) is 113 Å². The second-order valence-electron chi connectivity index (χ2n) is 8.91. The molecule has 0 bridgehead atoms. The second kappa shape index (κ2) is 11.8. The van der Waals surface area contributed by atoms with E-state index in [2.05, 4.69) is 4.74 Å². The molecule has 204 valence electrons. The summed E-state index contributed by atoms with van der Waals surface area (Å²) in [5, 5.41) is 0. The monoisotopic (exact) mass is 546 g/mol. The molecule has 0 spiro atoms. The van der Waals surface area contributed by atoms with Gasteiger partial charge in [-0.2, -0.15) is 13.2 Å². The van der Waals surface area contributed by atoms with Gasteiger partial charge in [-0.05, 0) is 89.9 Å². The predicted molar refractivity (Wildman–Crippen MR) is 148 cm³/mol. The van der Waals surface area contributed by atoms with Crippen LogP contribution in [0.4, 0.5) is 24.5 Å². The summed E-state index contributed by atoms with van der Waals surface area (Å²) in [5.74, 6) is -0.714. The SMILES string of the molecule is Cc1c(-c2ccc(N)cc2)ccc(N)c1C(=O)/C=C/c1ccc(OC(=O)c2ccc(OCC(F)(F)F)cc2)cc1. The molecule has 4 aromatic carbocycles. The molecule has 0 aromatic heterocycles. The number of rotatable bonds is 8. The van der Waals surface area contributed by atoms with Gasteiger partial charge in [0.1, 0.15) is 11.5 Å². The highest BCUT2D eigenvalue weighted by Crippen LogP contribution is 2.30. The summed E-state index contributed by atoms with van der Waals surface area (Å²) in [6, 6.07) is 22.5. The van der Waals surface area contributed by atoms with Crippen LogP contribution in [0.3, 0.4) is 0 Å². The normalized spacial score (nSPS) is 11.4. The third-order valence-corrected chi connectivity index (χ3v) is 5.98. The smallest absolute Gasteiger partial charge is 0.422 e. The van der Waals surface area contributed by atoms with Crippen LogP contribution in [0.1, 0.15) is 31.8 Å². The van der Waals surface area contributed by atoms with E-state index < -0.39 is 18.8 Å². The molecule has 9 heteroatoms. The fourth-order valence-corrected chi connectivity index (χ4v) is 3.96. The molecule has 0 saturated heterocycles. The number of ketones is 1. The van der Waals surface area contributed by atoms with E-state index in [9.17, 15) is 22.8 Å². The first kappa shape index (κ1) is 28.0. The van der Waals surface area contributed by atoms with E-state index in [0.29, 0.717) is 22.5 Å². The lowest BCUT2D eigenvalue weighted by Gasteiger charge is -2.13. The zero-order chi connectivity index (χ0) is 28.9. The van der Waals surface area contributed by atoms with Gasteiger partial charge in [0.05, 0.1) is 5.56 Å². The lowest BCUT2D eigenvalue weighted by Crippen LogP contribution is -2.19. The number of alkyl halides is 3. The van der Waals surface area contributed by atoms with E-state index in [0.717, 1.165) is 16.7 Å². The summed E-state index contributed by atoms with van der Waals surface area (Å²) in [7, 11) is 0. The zero-order valence-corrected chi connectivity index (χ0v) is 21.4. The Hall–Kier alpha value is -5.05. The summed E-state index contributed by atoms with van der Waals surface area (Å²) in [6.07, 6.45) is -1.40. The van der Waals surface area contributed by atoms with E-state index >= 15 is 0 Å². The van der Waals surface area contributed by atoms with Crippen molar-refractivity contribution in [1.29, 1.82) is 0 Å². The lowest BCUT2D eigenvalue weighted by atomic mass is 9.93. The molecule has 0 heterocycles. The summed E-state index contributed by atoms with van der Waals surface area (Å²) in [6.45, 7) is 0.418. The third kappa shape index (κ3) is 7.08. The van der Waals surface area contributed by atoms with E-state index in [1.54, 1.807) is 48.5 Å². The molecule has 0 aliphatic heterocycles. The summed E-state index contributed by atoms with van der Waals surface area (Å²) in [4.78, 5) is 25.4. The van der Waals surface area contributed by atoms with Crippen molar-refractivity contribution < 1.29 is 32.2 Å². The number of esters is 1. The maximum absolute atomic E-state index is 13.1. The fraction of sp³-hybridized carbons (Fsp3) is 0.0968. The second-order valence-corrected chi connectivity index (χ2v) is 8.91. The van der Waals surface area contributed by atoms with Gasteiger partial charge >= 0.3 is 12.1 Å². The maximum atomic E-state index is 13.1. The first-order chi connectivity index (χ1) is 19.0. The Morgan fingerprint density at radius 1 is 0.825 bits per heavy atom. The highest BCUT2D eigenvalue weighted by Gasteiger charge is 2.28. The van der Waals surface area contributed by atoms with Crippen molar-refractivity contribution in [1.82, 2.24) is 0 Å². The van der Waals surface area contributed by atoms with Crippen LogP contribution in [0.25, 0.3) is 17.2 Å². The Labute approximate surface area is 228 Å². The fourth-order valence-electron chi connectivity index (χ4n) is 3.96. The number of nitrogens with two attached hydrogens (primary N) is 2. The van der Waals surface area contributed by atoms with Crippen LogP contribution in [-0.4, -0.2) is 24.5 Å². The van der Waals surface area contributed by atoms with Crippen LogP contribution in [0.2, 0.25) is 0 Å². The summed E-state index contributed by atoms with van der Waals surface area (Å²) in [5.41, 5.74) is 16.7. The molecule has 0 amide bonds. The van der Waals surface area contributed by atoms with Crippen LogP contribution in [0, 0.1) is 6.92 Å². The number of hydrogen-bond donors (Lipinski definition) is 2. The van der Waals surface area contributed by atoms with Gasteiger partial charge in [0.2, 0.25) is 0 Å². The van der Waals surface area contributed by atoms with Gasteiger partial charge in [0.15, 0.2) is 12.4 Å². The molecule has 0 radical (unpaired) electrons. The average molecular weight is 547 g/mol. The van der Waals surface area contributed by atoms with Gasteiger partial charge in [0, 0.05) is 16.9 Å². The van der Waals surface area contributed by atoms with Crippen LogP contribution >= 0.6 is 0 Å². The largest absolute Gasteiger partial charge is 0.484 e. The minimum atomic E-state index is -4.46. The molecule has 40 heavy (non-hydrogen) atoms. The van der Waals surface area contributed by atoms with Crippen molar-refractivity contribution in [2.24, 2.45) is 0 Å². The number of nitrogen functional groups attached to an aromatic ring is 2. The van der Waals surface area contributed by atoms with Crippen LogP contribution < -0.4 is 20.9 Å². The Balaban J connectivity index is 1.40. The van der Waals surface area contributed by atoms with Crippen LogP contribution in [-0.2, 0) is 0 Å². The predicted octanol–water partition coefficient (Wildman–Crippen LogP) is 6.88. The van der Waals surface area contributed by atoms with Crippen LogP contribution in [0.15, 0.2) is 91.0 Å². The minimum absolute atomic E-state index is 0.0199. The topological polar surface area (TPSA) is 105 Å². The molecule has 4 aromatic rings. The molecule has 0 aliphatic carbocycles. The van der Waals surface area contributed by atoms with Crippen molar-refractivity contribution in [3.63, 3.8) is 0 Å². The van der Waals surface area contributed by atoms with Crippen molar-refractivity contribution >= 4 is 29.2 Å². The van der Waals surface area contributed by atoms with Gasteiger partial charge < -0.3 is 20.9 Å². The van der Waals surface area contributed by atoms with E-state index in [1.165, 1.54) is 30.3 Å². The number of carbonyl (C=O) groups excluding carboxylic acids is 2. The summed E-state index contributed by atoms with van der Waals surface area (Å²) < 4.78 is 46.8. The van der Waals surface area contributed by atoms with Crippen molar-refractivity contribution in [2.75, 3.05) is 18.1 Å². The molecular formula is C31H25F3N2O4. The molecule has 4 N–H and O–H groups in total. The highest BCUT2D eigenvalue weighted by molar-refractivity contribution is 6.12. The number of hydrogen-bond acceptors (Lipinski definition) is 6. The van der Waals surface area contributed by atoms with Crippen molar-refractivity contribution in [3.8, 4) is 22.6 Å². The van der Waals surface area contributed by atoms with Gasteiger partial charge in [0.25, 0.3) is 0 Å². The quantitative estimate of drug-likeness (QED) is 0.0821. The van der Waals surface area contributed by atoms with Crippen LogP contribution in [0.5, 0.6) is 11.5 Å². The molecule has 0 fully saturated rings. The zero-order valence-electron chi connectivity index (χ0n) is 21.4. The number of carbonyl (C=O) groups is 2. The minimum Gasteiger partial charge on any atom is -0.484 e. The molecule has 0 saturated carbocycles. The number of halogens is 3. The highest BCUT2D eigenvalue weighted by atomic mass is 19.4. The lowest BCUT2D eigenvalue weighted by molar-refractivity contribution is -0.153. The number of allylic oxidation sites excluding steroid dienone is 1. The first-order valence-corrected chi connectivity index (χ1v) is 12.1. The number of ether oxygens (including phenoxy) is 2. The Morgan fingerprint density at radius 3 is 2.08 bits per heavy atom. The molecule has 0 atom stereocenters. The average Bonchev–Trinajstić information content (AvgIpc) is 2.92. The van der Waals surface area contributed by atoms with Gasteiger partial charge in [-0.15, -0.1) is 0 Å². The van der Waals surface area contributed by atoms with Gasteiger partial charge in [-0.25, -0.2) is 4.79 Å². The first-order valence-electron chi connectivity index (χ1n) is 12.1. The molecular weight excluding hydrogens is 521 g/mol. The number of benzene rings is 4. The van der Waals surface area contributed by atoms with Gasteiger partial charge in [-0.3, -0.25) is 4.79 Å². The Kier molecular flexibility index (Phi) is 8.23. The summed E-state index contributed by atoms with van der Waals surface area (Å²) >= 11 is 0. The third-order valence-electron chi connectivity index (χ3n) is 5.98. The maximum Gasteiger partial charge on any atom is 0.422 e. The molecule has 4 rings (SSSR count).